The van der Waals surface area contributed by atoms with Crippen LogP contribution in [0.5, 0.6) is 0 Å². The SMILES string of the molecule is CCc1cc2c(NCCC(=O)N(C)C3CCN(C)CC3)ncnc2s1. The zero-order chi connectivity index (χ0) is 17.8. The standard InChI is InChI=1S/C18H27N5OS/c1-4-14-11-15-17(20-12-21-18(15)25-14)19-8-5-16(24)23(3)13-6-9-22(2)10-7-13/h11-13H,4-10H2,1-3H3,(H,19,20,21). The Morgan fingerprint density at radius 1 is 1.40 bits per heavy atom. The van der Waals surface area contributed by atoms with Crippen LogP contribution in [0.2, 0.25) is 0 Å². The lowest BCUT2D eigenvalue weighted by atomic mass is 10.0. The van der Waals surface area contributed by atoms with Crippen LogP contribution in [0.25, 0.3) is 10.2 Å². The summed E-state index contributed by atoms with van der Waals surface area (Å²) in [4.78, 5) is 27.7. The van der Waals surface area contributed by atoms with Gasteiger partial charge in [0.1, 0.15) is 17.0 Å². The molecular formula is C18H27N5OS. The minimum absolute atomic E-state index is 0.201. The molecule has 0 radical (unpaired) electrons. The van der Waals surface area contributed by atoms with Crippen LogP contribution in [0.4, 0.5) is 5.82 Å². The average Bonchev–Trinajstić information content (AvgIpc) is 3.06. The molecule has 0 atom stereocenters. The lowest BCUT2D eigenvalue weighted by Crippen LogP contribution is -2.44. The summed E-state index contributed by atoms with van der Waals surface area (Å²) < 4.78 is 0. The van der Waals surface area contributed by atoms with Crippen LogP contribution in [0, 0.1) is 0 Å². The van der Waals surface area contributed by atoms with Gasteiger partial charge in [-0.15, -0.1) is 11.3 Å². The maximum atomic E-state index is 12.5. The molecule has 3 heterocycles. The highest BCUT2D eigenvalue weighted by Gasteiger charge is 2.23. The molecule has 25 heavy (non-hydrogen) atoms. The number of amides is 1. The largest absolute Gasteiger partial charge is 0.369 e. The summed E-state index contributed by atoms with van der Waals surface area (Å²) in [6.07, 6.45) is 5.20. The lowest BCUT2D eigenvalue weighted by molar-refractivity contribution is -0.132. The number of fused-ring (bicyclic) bond motifs is 1. The number of hydrogen-bond acceptors (Lipinski definition) is 6. The van der Waals surface area contributed by atoms with Crippen LogP contribution in [-0.2, 0) is 11.2 Å². The molecule has 2 aromatic rings. The van der Waals surface area contributed by atoms with Gasteiger partial charge in [0, 0.05) is 30.9 Å². The van der Waals surface area contributed by atoms with Crippen LogP contribution >= 0.6 is 11.3 Å². The molecule has 0 unspecified atom stereocenters. The summed E-state index contributed by atoms with van der Waals surface area (Å²) in [6.45, 7) is 4.87. The van der Waals surface area contributed by atoms with Gasteiger partial charge in [-0.25, -0.2) is 9.97 Å². The zero-order valence-electron chi connectivity index (χ0n) is 15.3. The summed E-state index contributed by atoms with van der Waals surface area (Å²) in [5.41, 5.74) is 0. The number of likely N-dealkylation sites (tertiary alicyclic amines) is 1. The molecule has 0 aromatic carbocycles. The summed E-state index contributed by atoms with van der Waals surface area (Å²) in [5.74, 6) is 1.03. The Bertz CT molecular complexity index is 723. The Hall–Kier alpha value is -1.73. The Morgan fingerprint density at radius 3 is 2.88 bits per heavy atom. The molecule has 1 fully saturated rings. The minimum atomic E-state index is 0.201. The van der Waals surface area contributed by atoms with Crippen molar-refractivity contribution in [3.05, 3.63) is 17.3 Å². The van der Waals surface area contributed by atoms with E-state index in [0.29, 0.717) is 19.0 Å². The van der Waals surface area contributed by atoms with Gasteiger partial charge < -0.3 is 15.1 Å². The molecule has 1 aliphatic heterocycles. The van der Waals surface area contributed by atoms with Gasteiger partial charge >= 0.3 is 0 Å². The summed E-state index contributed by atoms with van der Waals surface area (Å²) in [7, 11) is 4.08. The van der Waals surface area contributed by atoms with Crippen LogP contribution in [0.3, 0.4) is 0 Å². The fraction of sp³-hybridized carbons (Fsp3) is 0.611. The summed E-state index contributed by atoms with van der Waals surface area (Å²) in [5, 5.41) is 4.38. The maximum absolute atomic E-state index is 12.5. The van der Waals surface area contributed by atoms with E-state index >= 15 is 0 Å². The normalized spacial score (nSPS) is 16.3. The van der Waals surface area contributed by atoms with Gasteiger partial charge in [-0.2, -0.15) is 0 Å². The molecule has 1 saturated heterocycles. The first-order valence-electron chi connectivity index (χ1n) is 9.00. The second kappa shape index (κ2) is 8.10. The highest BCUT2D eigenvalue weighted by Crippen LogP contribution is 2.28. The van der Waals surface area contributed by atoms with Gasteiger partial charge in [-0.3, -0.25) is 4.79 Å². The highest BCUT2D eigenvalue weighted by molar-refractivity contribution is 7.18. The van der Waals surface area contributed by atoms with Gasteiger partial charge in [0.2, 0.25) is 5.91 Å². The molecule has 136 valence electrons. The van der Waals surface area contributed by atoms with Gasteiger partial charge in [-0.05, 0) is 45.5 Å². The third-order valence-corrected chi connectivity index (χ3v) is 6.18. The fourth-order valence-electron chi connectivity index (χ4n) is 3.27. The quantitative estimate of drug-likeness (QED) is 0.857. The van der Waals surface area contributed by atoms with Crippen molar-refractivity contribution in [1.29, 1.82) is 0 Å². The molecule has 1 amide bonds. The summed E-state index contributed by atoms with van der Waals surface area (Å²) >= 11 is 1.70. The van der Waals surface area contributed by atoms with Crippen molar-refractivity contribution in [2.75, 3.05) is 39.0 Å². The number of nitrogens with one attached hydrogen (secondary N) is 1. The van der Waals surface area contributed by atoms with Crippen molar-refractivity contribution in [2.45, 2.75) is 38.6 Å². The van der Waals surface area contributed by atoms with Gasteiger partial charge in [0.25, 0.3) is 0 Å². The fourth-order valence-corrected chi connectivity index (χ4v) is 4.21. The number of anilines is 1. The zero-order valence-corrected chi connectivity index (χ0v) is 16.1. The summed E-state index contributed by atoms with van der Waals surface area (Å²) in [6, 6.07) is 2.52. The van der Waals surface area contributed by atoms with E-state index in [4.69, 9.17) is 0 Å². The molecule has 2 aromatic heterocycles. The van der Waals surface area contributed by atoms with E-state index in [9.17, 15) is 4.79 Å². The van der Waals surface area contributed by atoms with E-state index in [1.165, 1.54) is 4.88 Å². The first-order valence-corrected chi connectivity index (χ1v) is 9.81. The first kappa shape index (κ1) is 18.1. The molecule has 0 aliphatic carbocycles. The number of thiophene rings is 1. The van der Waals surface area contributed by atoms with Gasteiger partial charge in [-0.1, -0.05) is 6.92 Å². The predicted octanol–water partition coefficient (Wildman–Crippen LogP) is 2.61. The van der Waals surface area contributed by atoms with Crippen LogP contribution in [0.1, 0.15) is 31.1 Å². The molecule has 1 aliphatic rings. The van der Waals surface area contributed by atoms with Crippen LogP contribution < -0.4 is 5.32 Å². The number of piperidine rings is 1. The predicted molar refractivity (Wildman–Crippen MR) is 103 cm³/mol. The smallest absolute Gasteiger partial charge is 0.224 e. The van der Waals surface area contributed by atoms with E-state index in [-0.39, 0.29) is 5.91 Å². The molecule has 7 heteroatoms. The number of aromatic nitrogens is 2. The van der Waals surface area contributed by atoms with Crippen molar-refractivity contribution in [2.24, 2.45) is 0 Å². The molecule has 1 N–H and O–H groups in total. The third-order valence-electron chi connectivity index (χ3n) is 4.99. The van der Waals surface area contributed by atoms with Crippen molar-refractivity contribution >= 4 is 33.3 Å². The van der Waals surface area contributed by atoms with E-state index in [0.717, 1.165) is 48.4 Å². The Balaban J connectivity index is 1.54. The Kier molecular flexibility index (Phi) is 5.86. The topological polar surface area (TPSA) is 61.4 Å². The van der Waals surface area contributed by atoms with Crippen molar-refractivity contribution in [3.63, 3.8) is 0 Å². The van der Waals surface area contributed by atoms with E-state index in [1.807, 2.05) is 11.9 Å². The Labute approximate surface area is 153 Å². The minimum Gasteiger partial charge on any atom is -0.369 e. The van der Waals surface area contributed by atoms with Crippen LogP contribution in [-0.4, -0.2) is 65.4 Å². The highest BCUT2D eigenvalue weighted by atomic mass is 32.1. The van der Waals surface area contributed by atoms with E-state index < -0.39 is 0 Å². The van der Waals surface area contributed by atoms with Gasteiger partial charge in [0.05, 0.1) is 5.39 Å². The van der Waals surface area contributed by atoms with Crippen LogP contribution in [0.15, 0.2) is 12.4 Å². The van der Waals surface area contributed by atoms with Crippen molar-refractivity contribution < 1.29 is 4.79 Å². The number of rotatable bonds is 6. The monoisotopic (exact) mass is 361 g/mol. The number of carbonyl (C=O) groups is 1. The number of aryl methyl sites for hydroxylation is 1. The van der Waals surface area contributed by atoms with E-state index in [2.05, 4.69) is 40.2 Å². The number of nitrogens with zero attached hydrogens (tertiary/aromatic N) is 4. The molecule has 0 bridgehead atoms. The van der Waals surface area contributed by atoms with Gasteiger partial charge in [0.15, 0.2) is 0 Å². The van der Waals surface area contributed by atoms with Crippen molar-refractivity contribution in [3.8, 4) is 0 Å². The number of carbonyl (C=O) groups excluding carboxylic acids is 1. The first-order chi connectivity index (χ1) is 12.1. The second-order valence-corrected chi connectivity index (χ2v) is 7.84. The molecule has 6 nitrogen and oxygen atoms in total. The molecule has 0 spiro atoms. The molecular weight excluding hydrogens is 334 g/mol. The molecule has 0 saturated carbocycles. The lowest BCUT2D eigenvalue weighted by Gasteiger charge is -2.35. The number of hydrogen-bond donors (Lipinski definition) is 1. The third kappa shape index (κ3) is 4.27. The average molecular weight is 362 g/mol. The van der Waals surface area contributed by atoms with E-state index in [1.54, 1.807) is 17.7 Å². The maximum Gasteiger partial charge on any atom is 0.224 e. The molecule has 3 rings (SSSR count). The second-order valence-electron chi connectivity index (χ2n) is 6.72. The Morgan fingerprint density at radius 2 is 2.16 bits per heavy atom. The van der Waals surface area contributed by atoms with Crippen molar-refractivity contribution in [1.82, 2.24) is 19.8 Å².